The number of carbonyl (C=O) groups is 1. The van der Waals surface area contributed by atoms with Gasteiger partial charge >= 0.3 is 0 Å². The molecule has 4 N–H and O–H groups in total. The highest BCUT2D eigenvalue weighted by Gasteiger charge is 2.27. The Morgan fingerprint density at radius 2 is 2.05 bits per heavy atom. The van der Waals surface area contributed by atoms with Crippen LogP contribution in [0.1, 0.15) is 49.9 Å². The molecule has 1 amide bonds. The Morgan fingerprint density at radius 1 is 1.37 bits per heavy atom. The summed E-state index contributed by atoms with van der Waals surface area (Å²) in [5, 5.41) is 6.32. The third kappa shape index (κ3) is 3.55. The summed E-state index contributed by atoms with van der Waals surface area (Å²) in [5.41, 5.74) is 8.62. The van der Waals surface area contributed by atoms with Crippen LogP contribution in [-0.2, 0) is 4.79 Å². The van der Waals surface area contributed by atoms with Gasteiger partial charge in [0.2, 0.25) is 5.91 Å². The Kier molecular flexibility index (Phi) is 4.56. The molecule has 0 aromatic heterocycles. The van der Waals surface area contributed by atoms with Crippen molar-refractivity contribution >= 4 is 5.91 Å². The maximum absolute atomic E-state index is 11.6. The van der Waals surface area contributed by atoms with Crippen LogP contribution in [0.4, 0.5) is 0 Å². The highest BCUT2D eigenvalue weighted by molar-refractivity contribution is 5.76. The first kappa shape index (κ1) is 14.0. The van der Waals surface area contributed by atoms with Gasteiger partial charge in [-0.3, -0.25) is 4.79 Å². The highest BCUT2D eigenvalue weighted by atomic mass is 16.1. The van der Waals surface area contributed by atoms with Gasteiger partial charge in [0.05, 0.1) is 0 Å². The Hall–Kier alpha value is -1.39. The monoisotopic (exact) mass is 261 g/mol. The minimum Gasteiger partial charge on any atom is -0.354 e. The molecule has 1 aromatic carbocycles. The molecule has 1 aliphatic rings. The normalized spacial score (nSPS) is 21.5. The standard InChI is InChI=1S/C15H23N3O/c1-10(2)18-15(19)7-8-17-14-9-13(16)11-5-3-4-6-12(11)14/h3-6,10,13-14,17H,7-9,16H2,1-2H3,(H,18,19). The lowest BCUT2D eigenvalue weighted by molar-refractivity contribution is -0.121. The van der Waals surface area contributed by atoms with Gasteiger partial charge in [0.25, 0.3) is 0 Å². The van der Waals surface area contributed by atoms with Crippen LogP contribution in [0.5, 0.6) is 0 Å². The number of amides is 1. The average Bonchev–Trinajstić information content (AvgIpc) is 2.66. The van der Waals surface area contributed by atoms with E-state index in [2.05, 4.69) is 22.8 Å². The van der Waals surface area contributed by atoms with Crippen molar-refractivity contribution in [3.63, 3.8) is 0 Å². The number of hydrogen-bond donors (Lipinski definition) is 3. The van der Waals surface area contributed by atoms with E-state index in [1.807, 2.05) is 26.0 Å². The highest BCUT2D eigenvalue weighted by Crippen LogP contribution is 2.36. The van der Waals surface area contributed by atoms with E-state index in [1.165, 1.54) is 11.1 Å². The summed E-state index contributed by atoms with van der Waals surface area (Å²) in [4.78, 5) is 11.6. The van der Waals surface area contributed by atoms with E-state index in [0.29, 0.717) is 13.0 Å². The second-order valence-corrected chi connectivity index (χ2v) is 5.45. The molecule has 0 aliphatic heterocycles. The van der Waals surface area contributed by atoms with Gasteiger partial charge in [0.15, 0.2) is 0 Å². The van der Waals surface area contributed by atoms with E-state index in [0.717, 1.165) is 6.42 Å². The van der Waals surface area contributed by atoms with Crippen molar-refractivity contribution in [1.82, 2.24) is 10.6 Å². The van der Waals surface area contributed by atoms with Crippen molar-refractivity contribution in [2.24, 2.45) is 5.73 Å². The number of fused-ring (bicyclic) bond motifs is 1. The Balaban J connectivity index is 1.84. The largest absolute Gasteiger partial charge is 0.354 e. The molecule has 0 fully saturated rings. The van der Waals surface area contributed by atoms with Gasteiger partial charge in [-0.15, -0.1) is 0 Å². The fraction of sp³-hybridized carbons (Fsp3) is 0.533. The Labute approximate surface area is 114 Å². The van der Waals surface area contributed by atoms with E-state index in [4.69, 9.17) is 5.73 Å². The molecule has 1 aliphatic carbocycles. The van der Waals surface area contributed by atoms with Crippen molar-refractivity contribution in [1.29, 1.82) is 0 Å². The van der Waals surface area contributed by atoms with E-state index in [-0.39, 0.29) is 24.0 Å². The second kappa shape index (κ2) is 6.17. The lowest BCUT2D eigenvalue weighted by Crippen LogP contribution is -2.33. The van der Waals surface area contributed by atoms with E-state index in [9.17, 15) is 4.79 Å². The summed E-state index contributed by atoms with van der Waals surface area (Å²) in [6, 6.07) is 8.86. The number of nitrogens with two attached hydrogens (primary N) is 1. The lowest BCUT2D eigenvalue weighted by atomic mass is 10.1. The quantitative estimate of drug-likeness (QED) is 0.755. The maximum atomic E-state index is 11.6. The number of carbonyl (C=O) groups excluding carboxylic acids is 1. The zero-order chi connectivity index (χ0) is 13.8. The van der Waals surface area contributed by atoms with Crippen LogP contribution in [-0.4, -0.2) is 18.5 Å². The van der Waals surface area contributed by atoms with Gasteiger partial charge in [-0.05, 0) is 31.4 Å². The summed E-state index contributed by atoms with van der Waals surface area (Å²) in [5.74, 6) is 0.0954. The molecule has 1 aromatic rings. The molecule has 4 nitrogen and oxygen atoms in total. The van der Waals surface area contributed by atoms with Crippen LogP contribution in [0.15, 0.2) is 24.3 Å². The molecule has 0 heterocycles. The molecule has 19 heavy (non-hydrogen) atoms. The molecule has 0 radical (unpaired) electrons. The summed E-state index contributed by atoms with van der Waals surface area (Å²) >= 11 is 0. The number of hydrogen-bond acceptors (Lipinski definition) is 3. The van der Waals surface area contributed by atoms with Crippen LogP contribution in [0.2, 0.25) is 0 Å². The molecule has 2 unspecified atom stereocenters. The molecule has 2 atom stereocenters. The third-order valence-corrected chi connectivity index (χ3v) is 3.45. The summed E-state index contributed by atoms with van der Waals surface area (Å²) in [7, 11) is 0. The molecule has 2 rings (SSSR count). The van der Waals surface area contributed by atoms with Crippen molar-refractivity contribution in [3.8, 4) is 0 Å². The summed E-state index contributed by atoms with van der Waals surface area (Å²) in [6.45, 7) is 4.62. The molecule has 0 saturated carbocycles. The fourth-order valence-electron chi connectivity index (χ4n) is 2.62. The van der Waals surface area contributed by atoms with Crippen molar-refractivity contribution < 1.29 is 4.79 Å². The van der Waals surface area contributed by atoms with Gasteiger partial charge < -0.3 is 16.4 Å². The minimum absolute atomic E-state index is 0.0954. The topological polar surface area (TPSA) is 67.2 Å². The fourth-order valence-corrected chi connectivity index (χ4v) is 2.62. The van der Waals surface area contributed by atoms with Crippen LogP contribution in [0.25, 0.3) is 0 Å². The Morgan fingerprint density at radius 3 is 2.74 bits per heavy atom. The molecular weight excluding hydrogens is 238 g/mol. The van der Waals surface area contributed by atoms with Crippen LogP contribution >= 0.6 is 0 Å². The Bertz CT molecular complexity index is 445. The van der Waals surface area contributed by atoms with Gasteiger partial charge in [0, 0.05) is 31.1 Å². The third-order valence-electron chi connectivity index (χ3n) is 3.45. The van der Waals surface area contributed by atoms with Gasteiger partial charge in [-0.25, -0.2) is 0 Å². The smallest absolute Gasteiger partial charge is 0.221 e. The predicted molar refractivity (Wildman–Crippen MR) is 76.6 cm³/mol. The molecule has 4 heteroatoms. The zero-order valence-corrected chi connectivity index (χ0v) is 11.6. The van der Waals surface area contributed by atoms with Crippen molar-refractivity contribution in [3.05, 3.63) is 35.4 Å². The number of nitrogens with one attached hydrogen (secondary N) is 2. The van der Waals surface area contributed by atoms with E-state index < -0.39 is 0 Å². The molecule has 0 spiro atoms. The lowest BCUT2D eigenvalue weighted by Gasteiger charge is -2.14. The average molecular weight is 261 g/mol. The summed E-state index contributed by atoms with van der Waals surface area (Å²) < 4.78 is 0. The first-order valence-electron chi connectivity index (χ1n) is 6.95. The van der Waals surface area contributed by atoms with Crippen LogP contribution < -0.4 is 16.4 Å². The molecule has 0 bridgehead atoms. The van der Waals surface area contributed by atoms with E-state index >= 15 is 0 Å². The molecule has 104 valence electrons. The van der Waals surface area contributed by atoms with Gasteiger partial charge in [-0.1, -0.05) is 24.3 Å². The summed E-state index contributed by atoms with van der Waals surface area (Å²) in [6.07, 6.45) is 1.41. The van der Waals surface area contributed by atoms with Gasteiger partial charge in [0.1, 0.15) is 0 Å². The maximum Gasteiger partial charge on any atom is 0.221 e. The van der Waals surface area contributed by atoms with Crippen LogP contribution in [0.3, 0.4) is 0 Å². The zero-order valence-electron chi connectivity index (χ0n) is 11.6. The SMILES string of the molecule is CC(C)NC(=O)CCNC1CC(N)c2ccccc21. The van der Waals surface area contributed by atoms with Gasteiger partial charge in [-0.2, -0.15) is 0 Å². The number of benzene rings is 1. The van der Waals surface area contributed by atoms with Crippen LogP contribution in [0, 0.1) is 0 Å². The van der Waals surface area contributed by atoms with E-state index in [1.54, 1.807) is 0 Å². The first-order valence-corrected chi connectivity index (χ1v) is 6.95. The van der Waals surface area contributed by atoms with Crippen molar-refractivity contribution in [2.75, 3.05) is 6.54 Å². The molecule has 0 saturated heterocycles. The number of rotatable bonds is 5. The predicted octanol–water partition coefficient (Wildman–Crippen LogP) is 1.64. The second-order valence-electron chi connectivity index (χ2n) is 5.45. The van der Waals surface area contributed by atoms with Crippen molar-refractivity contribution in [2.45, 2.75) is 44.8 Å². The minimum atomic E-state index is 0.0954. The molecular formula is C15H23N3O. The first-order chi connectivity index (χ1) is 9.08.